The molecule has 1 aromatic carbocycles. The fraction of sp³-hybridized carbons (Fsp3) is 0.333. The summed E-state index contributed by atoms with van der Waals surface area (Å²) in [6.07, 6.45) is 0. The van der Waals surface area contributed by atoms with Crippen molar-refractivity contribution in [1.82, 2.24) is 10.2 Å². The molecule has 0 bridgehead atoms. The van der Waals surface area contributed by atoms with Crippen LogP contribution in [0.4, 0.5) is 0 Å². The van der Waals surface area contributed by atoms with Gasteiger partial charge in [-0.3, -0.25) is 4.90 Å². The zero-order chi connectivity index (χ0) is 13.1. The Labute approximate surface area is 123 Å². The summed E-state index contributed by atoms with van der Waals surface area (Å²) in [6.45, 7) is 4.06. The van der Waals surface area contributed by atoms with Crippen LogP contribution in [0.1, 0.15) is 16.5 Å². The third-order valence-corrected chi connectivity index (χ3v) is 4.95. The van der Waals surface area contributed by atoms with Gasteiger partial charge in [-0.1, -0.05) is 41.9 Å². The second-order valence-corrected chi connectivity index (χ2v) is 6.20. The minimum atomic E-state index is 0.438. The summed E-state index contributed by atoms with van der Waals surface area (Å²) in [5.74, 6) is 0. The van der Waals surface area contributed by atoms with Crippen LogP contribution in [0.5, 0.6) is 0 Å². The molecule has 0 spiro atoms. The Bertz CT molecular complexity index is 526. The molecule has 2 aromatic rings. The molecule has 0 aliphatic carbocycles. The second kappa shape index (κ2) is 6.06. The molecule has 3 rings (SSSR count). The highest BCUT2D eigenvalue weighted by molar-refractivity contribution is 7.10. The van der Waals surface area contributed by atoms with Crippen LogP contribution >= 0.6 is 22.9 Å². The van der Waals surface area contributed by atoms with Crippen LogP contribution in [0.25, 0.3) is 0 Å². The molecule has 1 aliphatic rings. The highest BCUT2D eigenvalue weighted by atomic mass is 35.5. The van der Waals surface area contributed by atoms with E-state index < -0.39 is 0 Å². The van der Waals surface area contributed by atoms with E-state index in [1.807, 2.05) is 6.07 Å². The molecule has 1 fully saturated rings. The van der Waals surface area contributed by atoms with E-state index in [0.717, 1.165) is 31.2 Å². The zero-order valence-corrected chi connectivity index (χ0v) is 12.3. The topological polar surface area (TPSA) is 15.3 Å². The van der Waals surface area contributed by atoms with Gasteiger partial charge >= 0.3 is 0 Å². The molecule has 0 radical (unpaired) electrons. The quantitative estimate of drug-likeness (QED) is 0.931. The molecule has 4 heteroatoms. The number of thiophene rings is 1. The van der Waals surface area contributed by atoms with Crippen molar-refractivity contribution in [2.45, 2.75) is 12.6 Å². The van der Waals surface area contributed by atoms with Gasteiger partial charge in [0.2, 0.25) is 0 Å². The van der Waals surface area contributed by atoms with Crippen LogP contribution < -0.4 is 5.32 Å². The monoisotopic (exact) mass is 292 g/mol. The van der Waals surface area contributed by atoms with Gasteiger partial charge in [0.25, 0.3) is 0 Å². The van der Waals surface area contributed by atoms with Gasteiger partial charge < -0.3 is 5.32 Å². The number of benzene rings is 1. The molecule has 1 saturated heterocycles. The molecule has 0 saturated carbocycles. The van der Waals surface area contributed by atoms with Crippen molar-refractivity contribution < 1.29 is 0 Å². The molecule has 19 heavy (non-hydrogen) atoms. The van der Waals surface area contributed by atoms with Crippen LogP contribution in [-0.2, 0) is 6.54 Å². The average Bonchev–Trinajstić information content (AvgIpc) is 2.86. The van der Waals surface area contributed by atoms with Gasteiger partial charge in [-0.25, -0.2) is 0 Å². The van der Waals surface area contributed by atoms with E-state index in [1.165, 1.54) is 10.4 Å². The van der Waals surface area contributed by atoms with Gasteiger partial charge in [0.1, 0.15) is 0 Å². The lowest BCUT2D eigenvalue weighted by Crippen LogP contribution is -2.45. The van der Waals surface area contributed by atoms with E-state index in [9.17, 15) is 0 Å². The first-order valence-corrected chi connectivity index (χ1v) is 7.82. The normalized spacial score (nSPS) is 20.6. The first-order valence-electron chi connectivity index (χ1n) is 6.56. The zero-order valence-electron chi connectivity index (χ0n) is 10.7. The minimum Gasteiger partial charge on any atom is -0.314 e. The van der Waals surface area contributed by atoms with Gasteiger partial charge in [-0.15, -0.1) is 11.3 Å². The third kappa shape index (κ3) is 3.00. The molecule has 0 amide bonds. The molecule has 1 unspecified atom stereocenters. The Morgan fingerprint density at radius 1 is 1.26 bits per heavy atom. The molecule has 1 atom stereocenters. The van der Waals surface area contributed by atoms with Crippen molar-refractivity contribution in [1.29, 1.82) is 0 Å². The van der Waals surface area contributed by atoms with E-state index in [-0.39, 0.29) is 0 Å². The van der Waals surface area contributed by atoms with Crippen molar-refractivity contribution in [3.05, 3.63) is 57.2 Å². The second-order valence-electron chi connectivity index (χ2n) is 4.79. The predicted octanol–water partition coefficient (Wildman–Crippen LogP) is 3.55. The number of hydrogen-bond donors (Lipinski definition) is 1. The summed E-state index contributed by atoms with van der Waals surface area (Å²) in [5, 5.41) is 6.45. The maximum atomic E-state index is 6.22. The molecule has 1 aliphatic heterocycles. The van der Waals surface area contributed by atoms with E-state index in [2.05, 4.69) is 45.9 Å². The Balaban J connectivity index is 1.80. The Morgan fingerprint density at radius 3 is 2.84 bits per heavy atom. The number of nitrogens with one attached hydrogen (secondary N) is 1. The largest absolute Gasteiger partial charge is 0.314 e. The summed E-state index contributed by atoms with van der Waals surface area (Å²) >= 11 is 7.97. The number of piperazine rings is 1. The molecule has 2 heterocycles. The van der Waals surface area contributed by atoms with Gasteiger partial charge in [-0.05, 0) is 17.0 Å². The van der Waals surface area contributed by atoms with E-state index in [1.54, 1.807) is 11.3 Å². The van der Waals surface area contributed by atoms with Crippen molar-refractivity contribution >= 4 is 22.9 Å². The number of nitrogens with zero attached hydrogens (tertiary/aromatic N) is 1. The first-order chi connectivity index (χ1) is 9.34. The third-order valence-electron chi connectivity index (χ3n) is 3.58. The van der Waals surface area contributed by atoms with Crippen molar-refractivity contribution in [2.75, 3.05) is 19.6 Å². The summed E-state index contributed by atoms with van der Waals surface area (Å²) in [4.78, 5) is 3.79. The summed E-state index contributed by atoms with van der Waals surface area (Å²) in [6, 6.07) is 13.1. The van der Waals surface area contributed by atoms with Gasteiger partial charge in [0.05, 0.1) is 5.02 Å². The van der Waals surface area contributed by atoms with E-state index in [0.29, 0.717) is 6.04 Å². The first kappa shape index (κ1) is 13.1. The minimum absolute atomic E-state index is 0.438. The fourth-order valence-electron chi connectivity index (χ4n) is 2.56. The lowest BCUT2D eigenvalue weighted by Gasteiger charge is -2.36. The Hall–Kier alpha value is -0.870. The Kier molecular flexibility index (Phi) is 4.18. The SMILES string of the molecule is Clc1ccsc1CN1CCNCC1c1ccccc1. The number of halogens is 1. The predicted molar refractivity (Wildman–Crippen MR) is 81.8 cm³/mol. The highest BCUT2D eigenvalue weighted by Gasteiger charge is 2.24. The summed E-state index contributed by atoms with van der Waals surface area (Å²) in [5.41, 5.74) is 1.38. The molecular formula is C15H17ClN2S. The van der Waals surface area contributed by atoms with Gasteiger partial charge in [0.15, 0.2) is 0 Å². The lowest BCUT2D eigenvalue weighted by molar-refractivity contribution is 0.155. The van der Waals surface area contributed by atoms with Crippen molar-refractivity contribution in [3.63, 3.8) is 0 Å². The highest BCUT2D eigenvalue weighted by Crippen LogP contribution is 2.29. The maximum Gasteiger partial charge on any atom is 0.0558 e. The van der Waals surface area contributed by atoms with Crippen molar-refractivity contribution in [3.8, 4) is 0 Å². The van der Waals surface area contributed by atoms with Crippen LogP contribution in [0.2, 0.25) is 5.02 Å². The molecular weight excluding hydrogens is 276 g/mol. The maximum absolute atomic E-state index is 6.22. The summed E-state index contributed by atoms with van der Waals surface area (Å²) < 4.78 is 0. The standard InChI is InChI=1S/C15H17ClN2S/c16-13-6-9-19-15(13)11-18-8-7-17-10-14(18)12-4-2-1-3-5-12/h1-6,9,14,17H,7-8,10-11H2. The molecule has 2 nitrogen and oxygen atoms in total. The van der Waals surface area contributed by atoms with Crippen LogP contribution in [0.15, 0.2) is 41.8 Å². The summed E-state index contributed by atoms with van der Waals surface area (Å²) in [7, 11) is 0. The molecule has 100 valence electrons. The number of hydrogen-bond acceptors (Lipinski definition) is 3. The van der Waals surface area contributed by atoms with Gasteiger partial charge in [0, 0.05) is 37.1 Å². The van der Waals surface area contributed by atoms with Crippen LogP contribution in [0, 0.1) is 0 Å². The molecule has 1 aromatic heterocycles. The smallest absolute Gasteiger partial charge is 0.0558 e. The average molecular weight is 293 g/mol. The van der Waals surface area contributed by atoms with Crippen LogP contribution in [-0.4, -0.2) is 24.5 Å². The van der Waals surface area contributed by atoms with E-state index in [4.69, 9.17) is 11.6 Å². The van der Waals surface area contributed by atoms with Gasteiger partial charge in [-0.2, -0.15) is 0 Å². The molecule has 1 N–H and O–H groups in total. The van der Waals surface area contributed by atoms with Crippen LogP contribution in [0.3, 0.4) is 0 Å². The Morgan fingerprint density at radius 2 is 2.11 bits per heavy atom. The lowest BCUT2D eigenvalue weighted by atomic mass is 10.0. The van der Waals surface area contributed by atoms with E-state index >= 15 is 0 Å². The number of rotatable bonds is 3. The van der Waals surface area contributed by atoms with Crippen molar-refractivity contribution in [2.24, 2.45) is 0 Å². The fourth-order valence-corrected chi connectivity index (χ4v) is 3.68.